The highest BCUT2D eigenvalue weighted by Crippen LogP contribution is 2.23. The van der Waals surface area contributed by atoms with Crippen molar-refractivity contribution in [2.45, 2.75) is 38.8 Å². The van der Waals surface area contributed by atoms with Crippen LogP contribution in [0.15, 0.2) is 18.2 Å². The van der Waals surface area contributed by atoms with Gasteiger partial charge in [-0.3, -0.25) is 10.1 Å². The third-order valence-electron chi connectivity index (χ3n) is 3.87. The highest BCUT2D eigenvalue weighted by atomic mass is 35.5. The first kappa shape index (κ1) is 16.2. The standard InChI is InChI=1S/C15H22ClN3O2/c1-12(11-18-7-3-2-4-8-18)17-10-13-5-6-14(16)9-15(13)19(20)21/h5-6,9,12,17H,2-4,7-8,10-11H2,1H3. The minimum absolute atomic E-state index is 0.0835. The van der Waals surface area contributed by atoms with Crippen LogP contribution in [0.3, 0.4) is 0 Å². The van der Waals surface area contributed by atoms with E-state index in [0.29, 0.717) is 23.2 Å². The van der Waals surface area contributed by atoms with Gasteiger partial charge in [-0.25, -0.2) is 0 Å². The van der Waals surface area contributed by atoms with Crippen LogP contribution in [0, 0.1) is 10.1 Å². The third-order valence-corrected chi connectivity index (χ3v) is 4.10. The molecule has 1 aromatic rings. The average molecular weight is 312 g/mol. The molecule has 0 bridgehead atoms. The Hall–Kier alpha value is -1.17. The number of nitro groups is 1. The smallest absolute Gasteiger partial charge is 0.275 e. The van der Waals surface area contributed by atoms with E-state index in [1.807, 2.05) is 0 Å². The van der Waals surface area contributed by atoms with Crippen LogP contribution >= 0.6 is 11.6 Å². The summed E-state index contributed by atoms with van der Waals surface area (Å²) >= 11 is 5.82. The van der Waals surface area contributed by atoms with Crippen LogP contribution in [0.25, 0.3) is 0 Å². The van der Waals surface area contributed by atoms with E-state index in [1.54, 1.807) is 12.1 Å². The van der Waals surface area contributed by atoms with Gasteiger partial charge in [-0.1, -0.05) is 18.0 Å². The summed E-state index contributed by atoms with van der Waals surface area (Å²) in [4.78, 5) is 13.1. The van der Waals surface area contributed by atoms with Gasteiger partial charge in [0.25, 0.3) is 5.69 Å². The zero-order valence-corrected chi connectivity index (χ0v) is 13.1. The molecule has 6 heteroatoms. The van der Waals surface area contributed by atoms with Crippen molar-refractivity contribution in [2.75, 3.05) is 19.6 Å². The fourth-order valence-electron chi connectivity index (χ4n) is 2.73. The molecule has 1 heterocycles. The van der Waals surface area contributed by atoms with Crippen LogP contribution in [0.4, 0.5) is 5.69 Å². The normalized spacial score (nSPS) is 17.6. The van der Waals surface area contributed by atoms with Gasteiger partial charge in [-0.2, -0.15) is 0 Å². The molecule has 1 N–H and O–H groups in total. The van der Waals surface area contributed by atoms with E-state index in [9.17, 15) is 10.1 Å². The number of rotatable bonds is 6. The van der Waals surface area contributed by atoms with Crippen molar-refractivity contribution >= 4 is 17.3 Å². The maximum atomic E-state index is 11.0. The van der Waals surface area contributed by atoms with Crippen molar-refractivity contribution in [1.29, 1.82) is 0 Å². The van der Waals surface area contributed by atoms with E-state index in [2.05, 4.69) is 17.1 Å². The molecular formula is C15H22ClN3O2. The first-order valence-electron chi connectivity index (χ1n) is 7.45. The van der Waals surface area contributed by atoms with Crippen molar-refractivity contribution in [3.05, 3.63) is 38.9 Å². The van der Waals surface area contributed by atoms with Gasteiger partial charge in [0.1, 0.15) is 0 Å². The van der Waals surface area contributed by atoms with Crippen molar-refractivity contribution in [1.82, 2.24) is 10.2 Å². The first-order valence-corrected chi connectivity index (χ1v) is 7.82. The van der Waals surface area contributed by atoms with Gasteiger partial charge in [-0.05, 0) is 45.0 Å². The van der Waals surface area contributed by atoms with E-state index in [-0.39, 0.29) is 10.6 Å². The highest BCUT2D eigenvalue weighted by molar-refractivity contribution is 6.30. The minimum Gasteiger partial charge on any atom is -0.309 e. The summed E-state index contributed by atoms with van der Waals surface area (Å²) in [5, 5.41) is 14.8. The minimum atomic E-state index is -0.377. The Labute approximate surface area is 130 Å². The zero-order chi connectivity index (χ0) is 15.2. The molecule has 1 saturated heterocycles. The first-order chi connectivity index (χ1) is 10.1. The van der Waals surface area contributed by atoms with Crippen LogP contribution in [0.2, 0.25) is 5.02 Å². The van der Waals surface area contributed by atoms with Crippen LogP contribution in [0.1, 0.15) is 31.7 Å². The number of hydrogen-bond acceptors (Lipinski definition) is 4. The van der Waals surface area contributed by atoms with Crippen molar-refractivity contribution in [2.24, 2.45) is 0 Å². The third kappa shape index (κ3) is 4.95. The highest BCUT2D eigenvalue weighted by Gasteiger charge is 2.16. The lowest BCUT2D eigenvalue weighted by Crippen LogP contribution is -2.41. The predicted molar refractivity (Wildman–Crippen MR) is 84.7 cm³/mol. The van der Waals surface area contributed by atoms with Crippen LogP contribution in [-0.2, 0) is 6.54 Å². The molecule has 1 aliphatic rings. The topological polar surface area (TPSA) is 58.4 Å². The summed E-state index contributed by atoms with van der Waals surface area (Å²) < 4.78 is 0. The molecule has 0 aromatic heterocycles. The van der Waals surface area contributed by atoms with Gasteiger partial charge in [0.15, 0.2) is 0 Å². The second kappa shape index (κ2) is 7.73. The molecule has 1 atom stereocenters. The van der Waals surface area contributed by atoms with Gasteiger partial charge in [0.2, 0.25) is 0 Å². The molecule has 2 rings (SSSR count). The van der Waals surface area contributed by atoms with Gasteiger partial charge in [0, 0.05) is 35.8 Å². The Balaban J connectivity index is 1.88. The second-order valence-corrected chi connectivity index (χ2v) is 6.11. The van der Waals surface area contributed by atoms with E-state index in [0.717, 1.165) is 19.6 Å². The quantitative estimate of drug-likeness (QED) is 0.647. The predicted octanol–water partition coefficient (Wildman–Crippen LogP) is 3.21. The largest absolute Gasteiger partial charge is 0.309 e. The number of piperidine rings is 1. The Morgan fingerprint density at radius 3 is 2.76 bits per heavy atom. The summed E-state index contributed by atoms with van der Waals surface area (Å²) in [5.41, 5.74) is 0.759. The molecule has 21 heavy (non-hydrogen) atoms. The lowest BCUT2D eigenvalue weighted by molar-refractivity contribution is -0.385. The Kier molecular flexibility index (Phi) is 5.96. The summed E-state index contributed by atoms with van der Waals surface area (Å²) in [6.45, 7) is 5.92. The summed E-state index contributed by atoms with van der Waals surface area (Å²) in [6, 6.07) is 5.13. The van der Waals surface area contributed by atoms with Crippen molar-refractivity contribution in [3.63, 3.8) is 0 Å². The number of hydrogen-bond donors (Lipinski definition) is 1. The molecule has 1 aromatic carbocycles. The molecule has 1 fully saturated rings. The monoisotopic (exact) mass is 311 g/mol. The number of likely N-dealkylation sites (tertiary alicyclic amines) is 1. The summed E-state index contributed by atoms with van der Waals surface area (Å²) in [7, 11) is 0. The van der Waals surface area contributed by atoms with Crippen molar-refractivity contribution in [3.8, 4) is 0 Å². The van der Waals surface area contributed by atoms with Crippen LogP contribution in [0.5, 0.6) is 0 Å². The van der Waals surface area contributed by atoms with E-state index in [1.165, 1.54) is 25.3 Å². The molecule has 0 radical (unpaired) electrons. The Morgan fingerprint density at radius 2 is 2.10 bits per heavy atom. The molecule has 0 aliphatic carbocycles. The lowest BCUT2D eigenvalue weighted by Gasteiger charge is -2.29. The number of benzene rings is 1. The average Bonchev–Trinajstić information content (AvgIpc) is 2.47. The van der Waals surface area contributed by atoms with E-state index >= 15 is 0 Å². The molecular weight excluding hydrogens is 290 g/mol. The Morgan fingerprint density at radius 1 is 1.38 bits per heavy atom. The van der Waals surface area contributed by atoms with E-state index < -0.39 is 0 Å². The number of nitro benzene ring substituents is 1. The van der Waals surface area contributed by atoms with Gasteiger partial charge in [-0.15, -0.1) is 0 Å². The molecule has 1 aliphatic heterocycles. The fourth-order valence-corrected chi connectivity index (χ4v) is 2.90. The van der Waals surface area contributed by atoms with Gasteiger partial charge in [0.05, 0.1) is 4.92 Å². The molecule has 1 unspecified atom stereocenters. The maximum absolute atomic E-state index is 11.0. The molecule has 0 amide bonds. The fraction of sp³-hybridized carbons (Fsp3) is 0.600. The number of nitrogens with zero attached hydrogens (tertiary/aromatic N) is 2. The molecule has 5 nitrogen and oxygen atoms in total. The second-order valence-electron chi connectivity index (χ2n) is 5.67. The van der Waals surface area contributed by atoms with Crippen molar-refractivity contribution < 1.29 is 4.92 Å². The molecule has 0 saturated carbocycles. The van der Waals surface area contributed by atoms with Gasteiger partial charge >= 0.3 is 0 Å². The van der Waals surface area contributed by atoms with Gasteiger partial charge < -0.3 is 10.2 Å². The van der Waals surface area contributed by atoms with E-state index in [4.69, 9.17) is 11.6 Å². The molecule has 116 valence electrons. The number of halogens is 1. The van der Waals surface area contributed by atoms with Crippen LogP contribution < -0.4 is 5.32 Å². The summed E-state index contributed by atoms with van der Waals surface area (Å²) in [6.07, 6.45) is 3.88. The van der Waals surface area contributed by atoms with Crippen LogP contribution in [-0.4, -0.2) is 35.5 Å². The lowest BCUT2D eigenvalue weighted by atomic mass is 10.1. The SMILES string of the molecule is CC(CN1CCCCC1)NCc1ccc(Cl)cc1[N+](=O)[O-]. The Bertz CT molecular complexity index is 490. The molecule has 0 spiro atoms. The maximum Gasteiger partial charge on any atom is 0.275 e. The zero-order valence-electron chi connectivity index (χ0n) is 12.3. The summed E-state index contributed by atoms with van der Waals surface area (Å²) in [5.74, 6) is 0. The number of nitrogens with one attached hydrogen (secondary N) is 1.